The summed E-state index contributed by atoms with van der Waals surface area (Å²) in [4.78, 5) is 51.3. The number of Topliss-reactive ketones (excluding diaryl/α,β-unsaturated/α-hetero) is 1. The van der Waals surface area contributed by atoms with E-state index in [2.05, 4.69) is 0 Å². The van der Waals surface area contributed by atoms with E-state index in [0.717, 1.165) is 0 Å². The maximum atomic E-state index is 13.3. The monoisotopic (exact) mass is 423 g/mol. The highest BCUT2D eigenvalue weighted by Gasteiger charge is 2.50. The molecule has 2 aromatic rings. The van der Waals surface area contributed by atoms with Gasteiger partial charge in [0.1, 0.15) is 11.5 Å². The van der Waals surface area contributed by atoms with Gasteiger partial charge in [0.25, 0.3) is 0 Å². The molecule has 31 heavy (non-hydrogen) atoms. The number of carbonyl (C=O) groups is 4. The number of anilines is 1. The maximum Gasteiger partial charge on any atom is 0.326 e. The van der Waals surface area contributed by atoms with E-state index in [1.807, 2.05) is 0 Å². The van der Waals surface area contributed by atoms with Crippen LogP contribution in [-0.2, 0) is 14.4 Å². The number of rotatable bonds is 7. The Morgan fingerprint density at radius 2 is 1.42 bits per heavy atom. The zero-order valence-corrected chi connectivity index (χ0v) is 17.2. The molecule has 1 atom stereocenters. The van der Waals surface area contributed by atoms with Crippen molar-refractivity contribution in [3.8, 4) is 0 Å². The summed E-state index contributed by atoms with van der Waals surface area (Å²) < 4.78 is 0. The highest BCUT2D eigenvalue weighted by atomic mass is 16.4. The van der Waals surface area contributed by atoms with Gasteiger partial charge in [-0.15, -0.1) is 0 Å². The third kappa shape index (κ3) is 4.35. The molecule has 0 spiro atoms. The van der Waals surface area contributed by atoms with Crippen LogP contribution in [0.15, 0.2) is 60.7 Å². The summed E-state index contributed by atoms with van der Waals surface area (Å²) in [5.41, 5.74) is -0.772. The average Bonchev–Trinajstić information content (AvgIpc) is 2.79. The van der Waals surface area contributed by atoms with Crippen LogP contribution in [0.1, 0.15) is 43.0 Å². The average molecular weight is 423 g/mol. The maximum absolute atomic E-state index is 13.3. The van der Waals surface area contributed by atoms with Crippen molar-refractivity contribution in [2.45, 2.75) is 38.6 Å². The second-order valence-corrected chi connectivity index (χ2v) is 7.91. The van der Waals surface area contributed by atoms with Gasteiger partial charge in [0.05, 0.1) is 0 Å². The Labute approximate surface area is 180 Å². The van der Waals surface area contributed by atoms with Crippen LogP contribution in [0.25, 0.3) is 0 Å². The predicted octanol–water partition coefficient (Wildman–Crippen LogP) is 3.64. The Balaban J connectivity index is 1.83. The Bertz CT molecular complexity index is 964. The summed E-state index contributed by atoms with van der Waals surface area (Å²) in [5, 5.41) is 19.4. The summed E-state index contributed by atoms with van der Waals surface area (Å²) in [5.74, 6) is -3.70. The van der Waals surface area contributed by atoms with E-state index in [1.165, 1.54) is 11.8 Å². The standard InChI is InChI=1S/C24H25NO6/c1-16(22(28)29)25(19-10-6-3-7-11-19)21(27)18-12-14-24(15-13-18,23(30)31)20(26)17-8-4-2-5-9-17/h2-11,16,18H,12-15H2,1H3,(H,28,29)(H,30,31)/t16-,18?,24?/m0/s1. The zero-order chi connectivity index (χ0) is 22.6. The molecule has 2 aromatic carbocycles. The van der Waals surface area contributed by atoms with Crippen molar-refractivity contribution >= 4 is 29.3 Å². The molecular weight excluding hydrogens is 398 g/mol. The smallest absolute Gasteiger partial charge is 0.326 e. The van der Waals surface area contributed by atoms with Crippen molar-refractivity contribution in [3.63, 3.8) is 0 Å². The van der Waals surface area contributed by atoms with Crippen LogP contribution in [0.5, 0.6) is 0 Å². The van der Waals surface area contributed by atoms with Crippen molar-refractivity contribution in [3.05, 3.63) is 66.2 Å². The lowest BCUT2D eigenvalue weighted by molar-refractivity contribution is -0.149. The van der Waals surface area contributed by atoms with Crippen molar-refractivity contribution in [2.75, 3.05) is 4.90 Å². The first-order valence-electron chi connectivity index (χ1n) is 10.2. The number of amides is 1. The van der Waals surface area contributed by atoms with Crippen molar-refractivity contribution < 1.29 is 29.4 Å². The van der Waals surface area contributed by atoms with Gasteiger partial charge in [-0.25, -0.2) is 4.79 Å². The predicted molar refractivity (Wildman–Crippen MR) is 114 cm³/mol. The number of carboxylic acid groups (broad SMARTS) is 2. The number of carboxylic acids is 2. The minimum Gasteiger partial charge on any atom is -0.480 e. The van der Waals surface area contributed by atoms with E-state index in [0.29, 0.717) is 11.3 Å². The van der Waals surface area contributed by atoms with E-state index < -0.39 is 35.1 Å². The molecule has 0 heterocycles. The largest absolute Gasteiger partial charge is 0.480 e. The first-order chi connectivity index (χ1) is 14.8. The van der Waals surface area contributed by atoms with Gasteiger partial charge in [-0.3, -0.25) is 19.3 Å². The van der Waals surface area contributed by atoms with Gasteiger partial charge in [0.2, 0.25) is 5.91 Å². The molecule has 1 aliphatic carbocycles. The van der Waals surface area contributed by atoms with Gasteiger partial charge < -0.3 is 10.2 Å². The molecule has 0 saturated heterocycles. The van der Waals surface area contributed by atoms with Crippen LogP contribution in [-0.4, -0.2) is 39.9 Å². The summed E-state index contributed by atoms with van der Waals surface area (Å²) in [6.07, 6.45) is 0.436. The van der Waals surface area contributed by atoms with Crippen molar-refractivity contribution in [1.29, 1.82) is 0 Å². The molecule has 0 unspecified atom stereocenters. The van der Waals surface area contributed by atoms with E-state index in [-0.39, 0.29) is 31.6 Å². The number of nitrogens with zero attached hydrogens (tertiary/aromatic N) is 1. The number of hydrogen-bond acceptors (Lipinski definition) is 4. The number of ketones is 1. The Kier molecular flexibility index (Phi) is 6.53. The van der Waals surface area contributed by atoms with Gasteiger partial charge >= 0.3 is 11.9 Å². The molecular formula is C24H25NO6. The number of aliphatic carboxylic acids is 2. The number of benzene rings is 2. The van der Waals surface area contributed by atoms with Crippen LogP contribution in [0.4, 0.5) is 5.69 Å². The molecule has 1 amide bonds. The van der Waals surface area contributed by atoms with Gasteiger partial charge in [0.15, 0.2) is 5.78 Å². The second kappa shape index (κ2) is 9.12. The Hall–Kier alpha value is -3.48. The number of hydrogen-bond donors (Lipinski definition) is 2. The lowest BCUT2D eigenvalue weighted by atomic mass is 9.66. The molecule has 0 bridgehead atoms. The molecule has 2 N–H and O–H groups in total. The number of para-hydroxylation sites is 1. The minimum atomic E-state index is -1.58. The molecule has 0 aliphatic heterocycles. The Morgan fingerprint density at radius 3 is 1.90 bits per heavy atom. The minimum absolute atomic E-state index is 0.0244. The topological polar surface area (TPSA) is 112 Å². The summed E-state index contributed by atoms with van der Waals surface area (Å²) in [6.45, 7) is 1.44. The van der Waals surface area contributed by atoms with Crippen LogP contribution in [0.3, 0.4) is 0 Å². The van der Waals surface area contributed by atoms with Crippen LogP contribution in [0.2, 0.25) is 0 Å². The molecule has 1 saturated carbocycles. The van der Waals surface area contributed by atoms with Crippen LogP contribution in [0, 0.1) is 11.3 Å². The molecule has 162 valence electrons. The van der Waals surface area contributed by atoms with Crippen LogP contribution >= 0.6 is 0 Å². The van der Waals surface area contributed by atoms with E-state index in [1.54, 1.807) is 60.7 Å². The SMILES string of the molecule is C[C@@H](C(=O)O)N(C(=O)C1CCC(C(=O)O)(C(=O)c2ccccc2)CC1)c1ccccc1. The zero-order valence-electron chi connectivity index (χ0n) is 17.2. The van der Waals surface area contributed by atoms with Crippen molar-refractivity contribution in [2.24, 2.45) is 11.3 Å². The lowest BCUT2D eigenvalue weighted by Gasteiger charge is -2.37. The fourth-order valence-corrected chi connectivity index (χ4v) is 4.20. The molecule has 1 fully saturated rings. The van der Waals surface area contributed by atoms with Gasteiger partial charge in [-0.2, -0.15) is 0 Å². The van der Waals surface area contributed by atoms with Gasteiger partial charge in [-0.05, 0) is 44.7 Å². The van der Waals surface area contributed by atoms with E-state index >= 15 is 0 Å². The fourth-order valence-electron chi connectivity index (χ4n) is 4.20. The summed E-state index contributed by atoms with van der Waals surface area (Å²) >= 11 is 0. The molecule has 0 radical (unpaired) electrons. The summed E-state index contributed by atoms with van der Waals surface area (Å²) in [6, 6.07) is 15.8. The van der Waals surface area contributed by atoms with E-state index in [9.17, 15) is 29.4 Å². The highest BCUT2D eigenvalue weighted by molar-refractivity contribution is 6.12. The molecule has 1 aliphatic rings. The number of carbonyl (C=O) groups excluding carboxylic acids is 2. The first-order valence-corrected chi connectivity index (χ1v) is 10.2. The van der Waals surface area contributed by atoms with Gasteiger partial charge in [0, 0.05) is 17.2 Å². The fraction of sp³-hybridized carbons (Fsp3) is 0.333. The normalized spacial score (nSPS) is 21.6. The van der Waals surface area contributed by atoms with Crippen LogP contribution < -0.4 is 4.90 Å². The van der Waals surface area contributed by atoms with Crippen molar-refractivity contribution in [1.82, 2.24) is 0 Å². The third-order valence-corrected chi connectivity index (χ3v) is 6.08. The van der Waals surface area contributed by atoms with Gasteiger partial charge in [-0.1, -0.05) is 48.5 Å². The molecule has 7 nitrogen and oxygen atoms in total. The third-order valence-electron chi connectivity index (χ3n) is 6.08. The molecule has 7 heteroatoms. The quantitative estimate of drug-likeness (QED) is 0.519. The second-order valence-electron chi connectivity index (χ2n) is 7.91. The summed E-state index contributed by atoms with van der Waals surface area (Å²) in [7, 11) is 0. The first kappa shape index (κ1) is 22.2. The molecule has 0 aromatic heterocycles. The molecule has 3 rings (SSSR count). The van der Waals surface area contributed by atoms with E-state index in [4.69, 9.17) is 0 Å². The Morgan fingerprint density at radius 1 is 0.903 bits per heavy atom. The highest BCUT2D eigenvalue weighted by Crippen LogP contribution is 2.43. The lowest BCUT2D eigenvalue weighted by Crippen LogP contribution is -2.49.